The third-order valence-electron chi connectivity index (χ3n) is 4.90. The molecule has 1 aromatic heterocycles. The van der Waals surface area contributed by atoms with Crippen LogP contribution < -0.4 is 5.73 Å². The number of nitrogens with two attached hydrogens (primary N) is 1. The van der Waals surface area contributed by atoms with Crippen LogP contribution in [0, 0.1) is 0 Å². The molecule has 3 heterocycles. The molecule has 0 aromatic carbocycles. The molecule has 19 heavy (non-hydrogen) atoms. The van der Waals surface area contributed by atoms with E-state index in [9.17, 15) is 0 Å². The Morgan fingerprint density at radius 2 is 2.37 bits per heavy atom. The molecule has 4 heteroatoms. The van der Waals surface area contributed by atoms with Gasteiger partial charge in [0.25, 0.3) is 0 Å². The van der Waals surface area contributed by atoms with Gasteiger partial charge in [-0.3, -0.25) is 4.90 Å². The Kier molecular flexibility index (Phi) is 3.69. The quantitative estimate of drug-likeness (QED) is 0.905. The van der Waals surface area contributed by atoms with Crippen molar-refractivity contribution in [2.24, 2.45) is 5.73 Å². The van der Waals surface area contributed by atoms with E-state index in [1.165, 1.54) is 12.0 Å². The molecule has 1 fully saturated rings. The molecule has 2 aliphatic rings. The molecule has 3 rings (SSSR count). The van der Waals surface area contributed by atoms with Crippen LogP contribution in [0.5, 0.6) is 0 Å². The minimum Gasteiger partial charge on any atom is -0.378 e. The van der Waals surface area contributed by atoms with E-state index < -0.39 is 0 Å². The zero-order valence-corrected chi connectivity index (χ0v) is 12.7. The first kappa shape index (κ1) is 13.6. The highest BCUT2D eigenvalue weighted by atomic mass is 32.1. The van der Waals surface area contributed by atoms with Gasteiger partial charge < -0.3 is 10.5 Å². The zero-order chi connectivity index (χ0) is 13.5. The first-order valence-corrected chi connectivity index (χ1v) is 8.19. The van der Waals surface area contributed by atoms with E-state index in [1.54, 1.807) is 4.88 Å². The molecular formula is C15H24N2OS. The summed E-state index contributed by atoms with van der Waals surface area (Å²) in [5, 5.41) is 2.23. The molecule has 0 aliphatic carbocycles. The number of hydrogen-bond acceptors (Lipinski definition) is 4. The lowest BCUT2D eigenvalue weighted by molar-refractivity contribution is -0.0779. The fourth-order valence-electron chi connectivity index (χ4n) is 3.87. The second-order valence-corrected chi connectivity index (χ2v) is 6.98. The fourth-order valence-corrected chi connectivity index (χ4v) is 4.83. The Morgan fingerprint density at radius 1 is 1.53 bits per heavy atom. The van der Waals surface area contributed by atoms with Crippen LogP contribution in [0.1, 0.15) is 43.2 Å². The largest absolute Gasteiger partial charge is 0.378 e. The molecule has 2 N–H and O–H groups in total. The lowest BCUT2D eigenvalue weighted by atomic mass is 9.82. The Labute approximate surface area is 119 Å². The van der Waals surface area contributed by atoms with Crippen molar-refractivity contribution in [3.63, 3.8) is 0 Å². The third kappa shape index (κ3) is 2.25. The number of hydrogen-bond donors (Lipinski definition) is 1. The van der Waals surface area contributed by atoms with Crippen molar-refractivity contribution >= 4 is 11.3 Å². The van der Waals surface area contributed by atoms with Gasteiger partial charge >= 0.3 is 0 Å². The first-order valence-electron chi connectivity index (χ1n) is 7.31. The van der Waals surface area contributed by atoms with Crippen molar-refractivity contribution in [3.8, 4) is 0 Å². The zero-order valence-electron chi connectivity index (χ0n) is 11.9. The molecule has 2 aliphatic heterocycles. The van der Waals surface area contributed by atoms with Gasteiger partial charge in [0.2, 0.25) is 0 Å². The van der Waals surface area contributed by atoms with Crippen LogP contribution in [0.3, 0.4) is 0 Å². The second-order valence-electron chi connectivity index (χ2n) is 5.98. The van der Waals surface area contributed by atoms with Crippen LogP contribution in [0.25, 0.3) is 0 Å². The lowest BCUT2D eigenvalue weighted by Crippen LogP contribution is -2.60. The Morgan fingerprint density at radius 3 is 3.11 bits per heavy atom. The lowest BCUT2D eigenvalue weighted by Gasteiger charge is -2.51. The van der Waals surface area contributed by atoms with E-state index in [2.05, 4.69) is 30.2 Å². The minimum atomic E-state index is 0.136. The Balaban J connectivity index is 1.88. The smallest absolute Gasteiger partial charge is 0.0565 e. The summed E-state index contributed by atoms with van der Waals surface area (Å²) in [6.07, 6.45) is 3.63. The van der Waals surface area contributed by atoms with Crippen molar-refractivity contribution in [1.29, 1.82) is 0 Å². The SMILES string of the molecule is CC1CC(CN)(N2CCc3sccc3C2C)CCO1. The van der Waals surface area contributed by atoms with Gasteiger partial charge in [-0.15, -0.1) is 11.3 Å². The maximum Gasteiger partial charge on any atom is 0.0565 e. The van der Waals surface area contributed by atoms with Crippen molar-refractivity contribution in [2.75, 3.05) is 19.7 Å². The summed E-state index contributed by atoms with van der Waals surface area (Å²) >= 11 is 1.90. The number of ether oxygens (including phenoxy) is 1. The van der Waals surface area contributed by atoms with Crippen LogP contribution in [0.15, 0.2) is 11.4 Å². The molecular weight excluding hydrogens is 256 g/mol. The number of thiophene rings is 1. The van der Waals surface area contributed by atoms with Crippen LogP contribution in [0.2, 0.25) is 0 Å². The van der Waals surface area contributed by atoms with E-state index in [0.29, 0.717) is 12.1 Å². The van der Waals surface area contributed by atoms with Gasteiger partial charge in [-0.2, -0.15) is 0 Å². The molecule has 1 saturated heterocycles. The minimum absolute atomic E-state index is 0.136. The molecule has 1 aromatic rings. The topological polar surface area (TPSA) is 38.5 Å². The van der Waals surface area contributed by atoms with E-state index in [1.807, 2.05) is 11.3 Å². The van der Waals surface area contributed by atoms with Gasteiger partial charge in [-0.25, -0.2) is 0 Å². The highest BCUT2D eigenvalue weighted by molar-refractivity contribution is 7.10. The third-order valence-corrected chi connectivity index (χ3v) is 5.90. The maximum absolute atomic E-state index is 6.19. The number of fused-ring (bicyclic) bond motifs is 1. The molecule has 0 saturated carbocycles. The highest BCUT2D eigenvalue weighted by Gasteiger charge is 2.43. The van der Waals surface area contributed by atoms with E-state index >= 15 is 0 Å². The summed E-state index contributed by atoms with van der Waals surface area (Å²) in [5.74, 6) is 0. The van der Waals surface area contributed by atoms with Crippen LogP contribution >= 0.6 is 11.3 Å². The summed E-state index contributed by atoms with van der Waals surface area (Å²) in [4.78, 5) is 4.22. The van der Waals surface area contributed by atoms with E-state index in [4.69, 9.17) is 10.5 Å². The number of nitrogens with zero attached hydrogens (tertiary/aromatic N) is 1. The van der Waals surface area contributed by atoms with Gasteiger partial charge in [0.05, 0.1) is 6.10 Å². The fraction of sp³-hybridized carbons (Fsp3) is 0.733. The highest BCUT2D eigenvalue weighted by Crippen LogP contribution is 2.41. The first-order chi connectivity index (χ1) is 9.16. The summed E-state index contributed by atoms with van der Waals surface area (Å²) < 4.78 is 5.74. The van der Waals surface area contributed by atoms with Crippen molar-refractivity contribution in [1.82, 2.24) is 4.90 Å². The normalized spacial score (nSPS) is 36.2. The summed E-state index contributed by atoms with van der Waals surface area (Å²) in [6.45, 7) is 7.23. The van der Waals surface area contributed by atoms with Gasteiger partial charge in [0.15, 0.2) is 0 Å². The average molecular weight is 280 g/mol. The van der Waals surface area contributed by atoms with Gasteiger partial charge in [0, 0.05) is 36.2 Å². The van der Waals surface area contributed by atoms with Gasteiger partial charge in [0.1, 0.15) is 0 Å². The summed E-state index contributed by atoms with van der Waals surface area (Å²) in [5.41, 5.74) is 7.85. The molecule has 106 valence electrons. The van der Waals surface area contributed by atoms with Crippen molar-refractivity contribution in [2.45, 2.75) is 50.8 Å². The number of rotatable bonds is 2. The molecule has 3 nitrogen and oxygen atoms in total. The monoisotopic (exact) mass is 280 g/mol. The molecule has 3 unspecified atom stereocenters. The van der Waals surface area contributed by atoms with E-state index in [0.717, 1.165) is 32.5 Å². The van der Waals surface area contributed by atoms with Crippen LogP contribution in [0.4, 0.5) is 0 Å². The van der Waals surface area contributed by atoms with Crippen LogP contribution in [-0.2, 0) is 11.2 Å². The summed E-state index contributed by atoms with van der Waals surface area (Å²) in [6, 6.07) is 2.79. The average Bonchev–Trinajstić information content (AvgIpc) is 2.88. The predicted octanol–water partition coefficient (Wildman–Crippen LogP) is 2.56. The molecule has 0 spiro atoms. The molecule has 0 radical (unpaired) electrons. The van der Waals surface area contributed by atoms with E-state index in [-0.39, 0.29) is 5.54 Å². The second kappa shape index (κ2) is 5.17. The molecule has 3 atom stereocenters. The molecule has 0 bridgehead atoms. The standard InChI is InChI=1S/C15H24N2OS/c1-11-9-15(10-16,5-7-18-11)17-6-3-14-13(12(17)2)4-8-19-14/h4,8,11-12H,3,5-7,9-10,16H2,1-2H3. The van der Waals surface area contributed by atoms with Crippen molar-refractivity contribution < 1.29 is 4.74 Å². The Bertz CT molecular complexity index is 447. The van der Waals surface area contributed by atoms with Gasteiger partial charge in [-0.1, -0.05) is 0 Å². The summed E-state index contributed by atoms with van der Waals surface area (Å²) in [7, 11) is 0. The predicted molar refractivity (Wildman–Crippen MR) is 79.6 cm³/mol. The van der Waals surface area contributed by atoms with Gasteiger partial charge in [-0.05, 0) is 50.1 Å². The van der Waals surface area contributed by atoms with Crippen molar-refractivity contribution in [3.05, 3.63) is 21.9 Å². The Hall–Kier alpha value is -0.420. The maximum atomic E-state index is 6.19. The molecule has 0 amide bonds. The van der Waals surface area contributed by atoms with Crippen LogP contribution in [-0.4, -0.2) is 36.2 Å².